The summed E-state index contributed by atoms with van der Waals surface area (Å²) in [6.45, 7) is 5.60. The lowest BCUT2D eigenvalue weighted by Gasteiger charge is -2.17. The van der Waals surface area contributed by atoms with E-state index in [-0.39, 0.29) is 0 Å². The number of halogens is 1. The number of hydrogen-bond donors (Lipinski definition) is 1. The average Bonchev–Trinajstić information content (AvgIpc) is 3.43. The second kappa shape index (κ2) is 12.9. The molecule has 2 aliphatic rings. The molecule has 0 unspecified atom stereocenters. The molecule has 4 heterocycles. The second-order valence-electron chi connectivity index (χ2n) is 9.09. The Morgan fingerprint density at radius 2 is 2.00 bits per heavy atom. The van der Waals surface area contributed by atoms with E-state index in [1.807, 2.05) is 42.5 Å². The normalized spacial score (nSPS) is 17.2. The van der Waals surface area contributed by atoms with Crippen molar-refractivity contribution in [2.24, 2.45) is 0 Å². The van der Waals surface area contributed by atoms with Gasteiger partial charge in [0.25, 0.3) is 0 Å². The van der Waals surface area contributed by atoms with Gasteiger partial charge in [-0.1, -0.05) is 23.8 Å². The van der Waals surface area contributed by atoms with Gasteiger partial charge in [-0.05, 0) is 63.0 Å². The van der Waals surface area contributed by atoms with Gasteiger partial charge in [-0.25, -0.2) is 15.0 Å². The summed E-state index contributed by atoms with van der Waals surface area (Å²) in [7, 11) is 0. The predicted molar refractivity (Wildman–Crippen MR) is 145 cm³/mol. The monoisotopic (exact) mass is 521 g/mol. The maximum atomic E-state index is 6.45. The smallest absolute Gasteiger partial charge is 0.227 e. The SMILES string of the molecule is Clc1cnc2nc1-c1ccnc(c1)OCC/C=C/COCc1cc(ccc1OCCCN1CCCC1)N2. The number of aromatic nitrogens is 3. The van der Waals surface area contributed by atoms with Crippen molar-refractivity contribution in [3.63, 3.8) is 0 Å². The summed E-state index contributed by atoms with van der Waals surface area (Å²) in [6, 6.07) is 9.66. The third kappa shape index (κ3) is 7.19. The first kappa shape index (κ1) is 25.4. The van der Waals surface area contributed by atoms with Crippen molar-refractivity contribution in [1.82, 2.24) is 19.9 Å². The largest absolute Gasteiger partial charge is 0.493 e. The maximum Gasteiger partial charge on any atom is 0.227 e. The molecule has 3 aromatic rings. The number of pyridine rings is 1. The quantitative estimate of drug-likeness (QED) is 0.340. The van der Waals surface area contributed by atoms with Crippen molar-refractivity contribution < 1.29 is 14.2 Å². The average molecular weight is 522 g/mol. The molecule has 6 bridgehead atoms. The lowest BCUT2D eigenvalue weighted by molar-refractivity contribution is 0.144. The van der Waals surface area contributed by atoms with Gasteiger partial charge < -0.3 is 24.4 Å². The fourth-order valence-corrected chi connectivity index (χ4v) is 4.64. The van der Waals surface area contributed by atoms with Crippen LogP contribution in [0.25, 0.3) is 11.3 Å². The van der Waals surface area contributed by atoms with Gasteiger partial charge in [-0.15, -0.1) is 0 Å². The van der Waals surface area contributed by atoms with E-state index < -0.39 is 0 Å². The molecular weight excluding hydrogens is 490 g/mol. The van der Waals surface area contributed by atoms with Crippen LogP contribution in [0.5, 0.6) is 11.6 Å². The summed E-state index contributed by atoms with van der Waals surface area (Å²) in [5, 5.41) is 3.75. The molecule has 2 aliphatic heterocycles. The zero-order valence-corrected chi connectivity index (χ0v) is 21.6. The van der Waals surface area contributed by atoms with E-state index in [2.05, 4.69) is 25.2 Å². The van der Waals surface area contributed by atoms with Crippen LogP contribution in [0.2, 0.25) is 5.02 Å². The van der Waals surface area contributed by atoms with Crippen molar-refractivity contribution in [1.29, 1.82) is 0 Å². The minimum Gasteiger partial charge on any atom is -0.493 e. The molecule has 0 saturated carbocycles. The summed E-state index contributed by atoms with van der Waals surface area (Å²) in [4.78, 5) is 15.8. The number of hydrogen-bond acceptors (Lipinski definition) is 8. The van der Waals surface area contributed by atoms with Gasteiger partial charge in [0.1, 0.15) is 5.75 Å². The van der Waals surface area contributed by atoms with Crippen LogP contribution >= 0.6 is 11.6 Å². The standard InChI is InChI=1S/C28H32ClN5O3/c29-24-19-31-28-32-23-7-8-25(36-16-6-13-34-11-2-3-12-34)22(17-23)20-35-14-4-1-5-15-37-26-18-21(9-10-30-26)27(24)33-28/h1,4,7-10,17-19H,2-3,5-6,11-16,20H2,(H,31,32,33)/b4-1+. The molecule has 0 spiro atoms. The van der Waals surface area contributed by atoms with Gasteiger partial charge in [0.05, 0.1) is 43.3 Å². The van der Waals surface area contributed by atoms with Gasteiger partial charge in [-0.2, -0.15) is 0 Å². The fourth-order valence-electron chi connectivity index (χ4n) is 4.44. The van der Waals surface area contributed by atoms with Crippen LogP contribution in [-0.2, 0) is 11.3 Å². The Morgan fingerprint density at radius 3 is 2.92 bits per heavy atom. The highest BCUT2D eigenvalue weighted by atomic mass is 35.5. The molecule has 1 N–H and O–H groups in total. The minimum absolute atomic E-state index is 0.430. The number of nitrogens with zero attached hydrogens (tertiary/aromatic N) is 4. The highest BCUT2D eigenvalue weighted by molar-refractivity contribution is 6.32. The topological polar surface area (TPSA) is 81.6 Å². The van der Waals surface area contributed by atoms with Crippen molar-refractivity contribution in [2.75, 3.05) is 44.8 Å². The first-order valence-electron chi connectivity index (χ1n) is 12.8. The number of benzene rings is 1. The Hall–Kier alpha value is -3.20. The highest BCUT2D eigenvalue weighted by Crippen LogP contribution is 2.30. The number of anilines is 2. The number of ether oxygens (including phenoxy) is 3. The van der Waals surface area contributed by atoms with Crippen molar-refractivity contribution in [3.8, 4) is 22.9 Å². The third-order valence-electron chi connectivity index (χ3n) is 6.32. The van der Waals surface area contributed by atoms with Gasteiger partial charge in [0, 0.05) is 35.6 Å². The molecule has 0 atom stereocenters. The summed E-state index contributed by atoms with van der Waals surface area (Å²) >= 11 is 6.45. The molecule has 2 aromatic heterocycles. The Bertz CT molecular complexity index is 1220. The molecule has 1 aromatic carbocycles. The lowest BCUT2D eigenvalue weighted by atomic mass is 10.2. The molecule has 194 valence electrons. The Morgan fingerprint density at radius 1 is 1.08 bits per heavy atom. The molecule has 5 rings (SSSR count). The molecule has 37 heavy (non-hydrogen) atoms. The molecule has 8 nitrogen and oxygen atoms in total. The molecule has 1 saturated heterocycles. The van der Waals surface area contributed by atoms with Crippen LogP contribution in [0.1, 0.15) is 31.2 Å². The number of nitrogens with one attached hydrogen (secondary N) is 1. The third-order valence-corrected chi connectivity index (χ3v) is 6.59. The Balaban J connectivity index is 1.36. The van der Waals surface area contributed by atoms with Crippen LogP contribution in [0.15, 0.2) is 54.9 Å². The Labute approximate surface area is 222 Å². The van der Waals surface area contributed by atoms with Crippen LogP contribution < -0.4 is 14.8 Å². The number of likely N-dealkylation sites (tertiary alicyclic amines) is 1. The summed E-state index contributed by atoms with van der Waals surface area (Å²) in [5.41, 5.74) is 3.22. The van der Waals surface area contributed by atoms with Crippen molar-refractivity contribution in [3.05, 3.63) is 65.5 Å². The summed E-state index contributed by atoms with van der Waals surface area (Å²) < 4.78 is 17.9. The van der Waals surface area contributed by atoms with Gasteiger partial charge >= 0.3 is 0 Å². The number of fused-ring (bicyclic) bond motifs is 7. The van der Waals surface area contributed by atoms with Crippen LogP contribution in [0, 0.1) is 0 Å². The Kier molecular flexibility index (Phi) is 8.84. The molecule has 0 aliphatic carbocycles. The lowest BCUT2D eigenvalue weighted by Crippen LogP contribution is -2.22. The summed E-state index contributed by atoms with van der Waals surface area (Å²) in [6.07, 6.45) is 11.7. The maximum absolute atomic E-state index is 6.45. The van der Waals surface area contributed by atoms with E-state index in [4.69, 9.17) is 25.8 Å². The van der Waals surface area contributed by atoms with Gasteiger partial charge in [-0.3, -0.25) is 0 Å². The van der Waals surface area contributed by atoms with Gasteiger partial charge in [0.2, 0.25) is 11.8 Å². The van der Waals surface area contributed by atoms with E-state index >= 15 is 0 Å². The molecule has 1 fully saturated rings. The van der Waals surface area contributed by atoms with E-state index in [9.17, 15) is 0 Å². The van der Waals surface area contributed by atoms with Crippen LogP contribution in [-0.4, -0.2) is 59.3 Å². The van der Waals surface area contributed by atoms with Crippen LogP contribution in [0.4, 0.5) is 11.6 Å². The molecule has 0 amide bonds. The second-order valence-corrected chi connectivity index (χ2v) is 9.50. The van der Waals surface area contributed by atoms with E-state index in [0.29, 0.717) is 49.0 Å². The van der Waals surface area contributed by atoms with E-state index in [0.717, 1.165) is 42.0 Å². The van der Waals surface area contributed by atoms with Crippen LogP contribution in [0.3, 0.4) is 0 Å². The predicted octanol–water partition coefficient (Wildman–Crippen LogP) is 5.66. The molecule has 9 heteroatoms. The summed E-state index contributed by atoms with van der Waals surface area (Å²) in [5.74, 6) is 1.79. The minimum atomic E-state index is 0.430. The zero-order valence-electron chi connectivity index (χ0n) is 20.9. The van der Waals surface area contributed by atoms with Gasteiger partial charge in [0.15, 0.2) is 0 Å². The van der Waals surface area contributed by atoms with Crippen molar-refractivity contribution >= 4 is 23.2 Å². The van der Waals surface area contributed by atoms with Crippen molar-refractivity contribution in [2.45, 2.75) is 32.3 Å². The van der Waals surface area contributed by atoms with E-state index in [1.165, 1.54) is 25.9 Å². The van der Waals surface area contributed by atoms with E-state index in [1.54, 1.807) is 12.4 Å². The zero-order chi connectivity index (χ0) is 25.3. The number of rotatable bonds is 5. The molecular formula is C28H32ClN5O3. The molecule has 0 radical (unpaired) electrons. The fraction of sp³-hybridized carbons (Fsp3) is 0.393. The first-order valence-corrected chi connectivity index (χ1v) is 13.2. The first-order chi connectivity index (χ1) is 18.2. The highest BCUT2D eigenvalue weighted by Gasteiger charge is 2.13.